The zero-order chi connectivity index (χ0) is 21.1. The first kappa shape index (κ1) is 23.9. The molecule has 0 aliphatic carbocycles. The van der Waals surface area contributed by atoms with Crippen molar-refractivity contribution in [1.82, 2.24) is 0 Å². The smallest absolute Gasteiger partial charge is 0.335 e. The number of phenolic OH excluding ortho intramolecular Hbond substituents is 1. The van der Waals surface area contributed by atoms with E-state index in [1.54, 1.807) is 18.2 Å². The lowest BCUT2D eigenvalue weighted by molar-refractivity contribution is 0.0696. The first-order chi connectivity index (χ1) is 13.0. The van der Waals surface area contributed by atoms with Crippen molar-refractivity contribution in [3.63, 3.8) is 0 Å². The van der Waals surface area contributed by atoms with Gasteiger partial charge < -0.3 is 20.7 Å². The van der Waals surface area contributed by atoms with Crippen molar-refractivity contribution < 1.29 is 19.7 Å². The van der Waals surface area contributed by atoms with E-state index in [-0.39, 0.29) is 16.9 Å². The van der Waals surface area contributed by atoms with Gasteiger partial charge in [-0.1, -0.05) is 6.42 Å². The molecule has 0 atom stereocenters. The summed E-state index contributed by atoms with van der Waals surface area (Å²) >= 11 is 6.24. The molecular weight excluding hydrogens is 699 g/mol. The lowest BCUT2D eigenvalue weighted by atomic mass is 9.97. The maximum atomic E-state index is 11.2. The molecule has 0 bridgehead atoms. The SMILES string of the molecule is CC(C)(N)CCCCc1cc(Oc2c(I)cc(C(=O)O)cc2I)cc(I)c1O. The monoisotopic (exact) mass is 721 g/mol. The van der Waals surface area contributed by atoms with E-state index in [0.29, 0.717) is 11.5 Å². The number of aryl methyl sites for hydroxylation is 1. The molecule has 0 saturated carbocycles. The summed E-state index contributed by atoms with van der Waals surface area (Å²) < 4.78 is 8.23. The van der Waals surface area contributed by atoms with Crippen LogP contribution in [0.15, 0.2) is 24.3 Å². The molecule has 0 unspecified atom stereocenters. The van der Waals surface area contributed by atoms with Crippen LogP contribution < -0.4 is 10.5 Å². The van der Waals surface area contributed by atoms with E-state index in [2.05, 4.69) is 67.8 Å². The van der Waals surface area contributed by atoms with E-state index in [1.165, 1.54) is 0 Å². The summed E-state index contributed by atoms with van der Waals surface area (Å²) in [7, 11) is 0. The summed E-state index contributed by atoms with van der Waals surface area (Å²) in [4.78, 5) is 11.2. The molecule has 0 aliphatic heterocycles. The van der Waals surface area contributed by atoms with Gasteiger partial charge in [0.1, 0.15) is 11.5 Å². The van der Waals surface area contributed by atoms with Crippen molar-refractivity contribution in [3.05, 3.63) is 46.1 Å². The number of phenols is 1. The van der Waals surface area contributed by atoms with Gasteiger partial charge in [0.15, 0.2) is 5.75 Å². The molecule has 5 nitrogen and oxygen atoms in total. The number of halogens is 3. The quantitative estimate of drug-likeness (QED) is 0.225. The predicted octanol–water partition coefficient (Wildman–Crippen LogP) is 6.15. The van der Waals surface area contributed by atoms with Crippen molar-refractivity contribution in [2.75, 3.05) is 0 Å². The minimum Gasteiger partial charge on any atom is -0.507 e. The Morgan fingerprint density at radius 2 is 1.68 bits per heavy atom. The number of aromatic carboxylic acids is 1. The largest absolute Gasteiger partial charge is 0.507 e. The summed E-state index contributed by atoms with van der Waals surface area (Å²) in [5.41, 5.74) is 6.91. The number of carbonyl (C=O) groups is 1. The van der Waals surface area contributed by atoms with Crippen LogP contribution in [0, 0.1) is 10.7 Å². The second-order valence-electron chi connectivity index (χ2n) is 7.28. The molecule has 0 spiro atoms. The topological polar surface area (TPSA) is 92.8 Å². The van der Waals surface area contributed by atoms with Crippen LogP contribution in [-0.2, 0) is 6.42 Å². The van der Waals surface area contributed by atoms with Gasteiger partial charge in [0.2, 0.25) is 0 Å². The highest BCUT2D eigenvalue weighted by molar-refractivity contribution is 14.1. The summed E-state index contributed by atoms with van der Waals surface area (Å²) in [6.45, 7) is 4.03. The highest BCUT2D eigenvalue weighted by Crippen LogP contribution is 2.37. The van der Waals surface area contributed by atoms with E-state index in [1.807, 2.05) is 19.9 Å². The van der Waals surface area contributed by atoms with E-state index in [4.69, 9.17) is 10.5 Å². The summed E-state index contributed by atoms with van der Waals surface area (Å²) in [5.74, 6) is 0.550. The number of ether oxygens (including phenoxy) is 1. The van der Waals surface area contributed by atoms with Crippen LogP contribution in [0.1, 0.15) is 49.0 Å². The Morgan fingerprint density at radius 3 is 2.21 bits per heavy atom. The summed E-state index contributed by atoms with van der Waals surface area (Å²) in [6.07, 6.45) is 3.57. The van der Waals surface area contributed by atoms with Crippen LogP contribution in [-0.4, -0.2) is 21.7 Å². The van der Waals surface area contributed by atoms with Crippen molar-refractivity contribution in [2.24, 2.45) is 5.73 Å². The molecule has 2 aromatic carbocycles. The molecule has 0 saturated heterocycles. The number of carboxylic acid groups (broad SMARTS) is 1. The first-order valence-corrected chi connectivity index (χ1v) is 11.9. The highest BCUT2D eigenvalue weighted by Gasteiger charge is 2.16. The third-order valence-corrected chi connectivity index (χ3v) is 6.52. The lowest BCUT2D eigenvalue weighted by Gasteiger charge is -2.18. The van der Waals surface area contributed by atoms with E-state index >= 15 is 0 Å². The maximum Gasteiger partial charge on any atom is 0.335 e. The first-order valence-electron chi connectivity index (χ1n) is 8.68. The predicted molar refractivity (Wildman–Crippen MR) is 136 cm³/mol. The molecule has 2 aromatic rings. The highest BCUT2D eigenvalue weighted by atomic mass is 127. The van der Waals surface area contributed by atoms with Gasteiger partial charge in [-0.2, -0.15) is 0 Å². The summed E-state index contributed by atoms with van der Waals surface area (Å²) in [6, 6.07) is 6.80. The third-order valence-electron chi connectivity index (χ3n) is 4.10. The van der Waals surface area contributed by atoms with Crippen molar-refractivity contribution in [3.8, 4) is 17.2 Å². The average molecular weight is 721 g/mol. The van der Waals surface area contributed by atoms with Crippen molar-refractivity contribution >= 4 is 73.7 Å². The van der Waals surface area contributed by atoms with E-state index in [0.717, 1.165) is 42.0 Å². The normalized spacial score (nSPS) is 11.5. The lowest BCUT2D eigenvalue weighted by Crippen LogP contribution is -2.31. The Balaban J connectivity index is 2.21. The molecule has 0 aromatic heterocycles. The molecule has 0 radical (unpaired) electrons. The number of benzene rings is 2. The number of hydrogen-bond acceptors (Lipinski definition) is 4. The van der Waals surface area contributed by atoms with Crippen LogP contribution in [0.2, 0.25) is 0 Å². The number of nitrogens with two attached hydrogens (primary N) is 1. The molecule has 152 valence electrons. The molecule has 2 rings (SSSR count). The zero-order valence-corrected chi connectivity index (χ0v) is 22.0. The molecule has 0 fully saturated rings. The molecule has 28 heavy (non-hydrogen) atoms. The van der Waals surface area contributed by atoms with Gasteiger partial charge in [-0.05, 0) is 131 Å². The Kier molecular flexibility index (Phi) is 8.65. The van der Waals surface area contributed by atoms with Gasteiger partial charge in [0, 0.05) is 5.54 Å². The number of aromatic hydroxyl groups is 1. The second-order valence-corrected chi connectivity index (χ2v) is 10.8. The van der Waals surface area contributed by atoms with Crippen LogP contribution in [0.5, 0.6) is 17.2 Å². The standard InChI is InChI=1S/C20H22I3NO4/c1-20(2,24)6-4-3-5-11-7-13(10-14(21)17(11)25)28-18-15(22)8-12(19(26)27)9-16(18)23/h7-10,25H,3-6,24H2,1-2H3,(H,26,27). The fourth-order valence-corrected chi connectivity index (χ4v) is 5.31. The Hall–Kier alpha value is -0.340. The Morgan fingerprint density at radius 1 is 1.07 bits per heavy atom. The summed E-state index contributed by atoms with van der Waals surface area (Å²) in [5, 5.41) is 19.6. The van der Waals surface area contributed by atoms with Gasteiger partial charge in [-0.15, -0.1) is 0 Å². The molecule has 0 heterocycles. The van der Waals surface area contributed by atoms with Crippen LogP contribution in [0.3, 0.4) is 0 Å². The average Bonchev–Trinajstić information content (AvgIpc) is 2.57. The number of carboxylic acids is 1. The van der Waals surface area contributed by atoms with Crippen molar-refractivity contribution in [1.29, 1.82) is 0 Å². The third kappa shape index (κ3) is 6.87. The van der Waals surface area contributed by atoms with Crippen LogP contribution in [0.4, 0.5) is 0 Å². The molecule has 4 N–H and O–H groups in total. The fourth-order valence-electron chi connectivity index (χ4n) is 2.67. The Bertz CT molecular complexity index is 855. The maximum absolute atomic E-state index is 11.2. The Labute approximate surface area is 205 Å². The van der Waals surface area contributed by atoms with Gasteiger partial charge in [0.05, 0.1) is 16.3 Å². The molecule has 0 aliphatic rings. The minimum absolute atomic E-state index is 0.184. The van der Waals surface area contributed by atoms with Crippen LogP contribution in [0.25, 0.3) is 0 Å². The molecule has 8 heteroatoms. The number of rotatable bonds is 8. The van der Waals surface area contributed by atoms with Gasteiger partial charge in [-0.3, -0.25) is 0 Å². The fraction of sp³-hybridized carbons (Fsp3) is 0.350. The van der Waals surface area contributed by atoms with E-state index in [9.17, 15) is 15.0 Å². The second kappa shape index (κ2) is 10.1. The van der Waals surface area contributed by atoms with E-state index < -0.39 is 5.97 Å². The van der Waals surface area contributed by atoms with Crippen molar-refractivity contribution in [2.45, 2.75) is 45.1 Å². The molecular formula is C20H22I3NO4. The number of hydrogen-bond donors (Lipinski definition) is 3. The van der Waals surface area contributed by atoms with Gasteiger partial charge >= 0.3 is 5.97 Å². The van der Waals surface area contributed by atoms with Gasteiger partial charge in [0.25, 0.3) is 0 Å². The van der Waals surface area contributed by atoms with Gasteiger partial charge in [-0.25, -0.2) is 4.79 Å². The number of unbranched alkanes of at least 4 members (excludes halogenated alkanes) is 1. The minimum atomic E-state index is -0.968. The van der Waals surface area contributed by atoms with Crippen LogP contribution >= 0.6 is 67.8 Å². The zero-order valence-electron chi connectivity index (χ0n) is 15.6. The molecule has 0 amide bonds.